The first-order valence-electron chi connectivity index (χ1n) is 5.15. The third kappa shape index (κ3) is 1.56. The summed E-state index contributed by atoms with van der Waals surface area (Å²) >= 11 is 0. The highest BCUT2D eigenvalue weighted by atomic mass is 16.3. The summed E-state index contributed by atoms with van der Waals surface area (Å²) in [5.74, 6) is 0.477. The van der Waals surface area contributed by atoms with E-state index in [0.29, 0.717) is 5.92 Å². The van der Waals surface area contributed by atoms with Gasteiger partial charge in [-0.15, -0.1) is 0 Å². The Kier molecular flexibility index (Phi) is 2.57. The van der Waals surface area contributed by atoms with E-state index < -0.39 is 0 Å². The second kappa shape index (κ2) is 3.71. The van der Waals surface area contributed by atoms with Crippen LogP contribution in [0.5, 0.6) is 0 Å². The minimum atomic E-state index is -0.261. The predicted molar refractivity (Wildman–Crippen MR) is 57.4 cm³/mol. The molecule has 0 fully saturated rings. The molecule has 1 aliphatic rings. The van der Waals surface area contributed by atoms with E-state index in [-0.39, 0.29) is 6.10 Å². The van der Waals surface area contributed by atoms with Gasteiger partial charge in [0.15, 0.2) is 0 Å². The van der Waals surface area contributed by atoms with E-state index in [1.807, 2.05) is 7.05 Å². The Morgan fingerprint density at radius 2 is 2.21 bits per heavy atom. The molecule has 0 saturated carbocycles. The van der Waals surface area contributed by atoms with Crippen LogP contribution in [0.4, 0.5) is 0 Å². The highest BCUT2D eigenvalue weighted by molar-refractivity contribution is 5.39. The summed E-state index contributed by atoms with van der Waals surface area (Å²) in [6, 6.07) is 6.39. The number of nitrogens with one attached hydrogen (secondary N) is 1. The molecule has 2 unspecified atom stereocenters. The van der Waals surface area contributed by atoms with Gasteiger partial charge in [0.25, 0.3) is 0 Å². The summed E-state index contributed by atoms with van der Waals surface area (Å²) in [5, 5.41) is 13.0. The minimum absolute atomic E-state index is 0.261. The number of likely N-dealkylation sites (N-methyl/N-ethyl adjacent to an activating group) is 1. The first-order valence-corrected chi connectivity index (χ1v) is 5.15. The van der Waals surface area contributed by atoms with Gasteiger partial charge in [-0.1, -0.05) is 23.8 Å². The van der Waals surface area contributed by atoms with Crippen LogP contribution in [0.15, 0.2) is 18.2 Å². The van der Waals surface area contributed by atoms with E-state index in [1.54, 1.807) is 0 Å². The van der Waals surface area contributed by atoms with Crippen molar-refractivity contribution in [2.24, 2.45) is 0 Å². The van der Waals surface area contributed by atoms with Gasteiger partial charge < -0.3 is 10.4 Å². The van der Waals surface area contributed by atoms with E-state index in [4.69, 9.17) is 0 Å². The molecule has 76 valence electrons. The molecule has 0 saturated heterocycles. The van der Waals surface area contributed by atoms with Crippen LogP contribution in [-0.4, -0.2) is 18.7 Å². The fourth-order valence-corrected chi connectivity index (χ4v) is 2.32. The van der Waals surface area contributed by atoms with Crippen molar-refractivity contribution in [2.45, 2.75) is 25.4 Å². The molecule has 1 aliphatic carbocycles. The van der Waals surface area contributed by atoms with Gasteiger partial charge in [0.2, 0.25) is 0 Å². The molecule has 0 spiro atoms. The normalized spacial score (nSPS) is 25.1. The Labute approximate surface area is 85.0 Å². The molecule has 2 rings (SSSR count). The van der Waals surface area contributed by atoms with Gasteiger partial charge >= 0.3 is 0 Å². The number of aliphatic hydroxyl groups excluding tert-OH is 1. The van der Waals surface area contributed by atoms with Crippen molar-refractivity contribution in [2.75, 3.05) is 13.6 Å². The fraction of sp³-hybridized carbons (Fsp3) is 0.500. The van der Waals surface area contributed by atoms with Crippen molar-refractivity contribution in [3.63, 3.8) is 0 Å². The van der Waals surface area contributed by atoms with Gasteiger partial charge in [-0.3, -0.25) is 0 Å². The van der Waals surface area contributed by atoms with Crippen LogP contribution >= 0.6 is 0 Å². The standard InChI is InChI=1S/C12H17NO/c1-8-3-4-10-9(7-13-2)6-12(14)11(10)5-8/h3-5,9,12-14H,6-7H2,1-2H3. The van der Waals surface area contributed by atoms with Crippen LogP contribution in [0.3, 0.4) is 0 Å². The van der Waals surface area contributed by atoms with Gasteiger partial charge in [-0.2, -0.15) is 0 Å². The molecule has 0 heterocycles. The molecular formula is C12H17NO. The molecular weight excluding hydrogens is 174 g/mol. The third-order valence-corrected chi connectivity index (χ3v) is 3.00. The maximum atomic E-state index is 9.88. The Hall–Kier alpha value is -0.860. The zero-order valence-corrected chi connectivity index (χ0v) is 8.75. The lowest BCUT2D eigenvalue weighted by Gasteiger charge is -2.09. The zero-order chi connectivity index (χ0) is 10.1. The second-order valence-electron chi connectivity index (χ2n) is 4.14. The van der Waals surface area contributed by atoms with Crippen LogP contribution in [0.1, 0.15) is 35.1 Å². The Balaban J connectivity index is 2.34. The van der Waals surface area contributed by atoms with Crippen LogP contribution in [0.2, 0.25) is 0 Å². The van der Waals surface area contributed by atoms with E-state index in [0.717, 1.165) is 18.5 Å². The van der Waals surface area contributed by atoms with Crippen LogP contribution in [-0.2, 0) is 0 Å². The number of hydrogen-bond donors (Lipinski definition) is 2. The first kappa shape index (κ1) is 9.69. The summed E-state index contributed by atoms with van der Waals surface area (Å²) < 4.78 is 0. The molecule has 0 bridgehead atoms. The molecule has 0 radical (unpaired) electrons. The van der Waals surface area contributed by atoms with Crippen molar-refractivity contribution in [3.05, 3.63) is 34.9 Å². The van der Waals surface area contributed by atoms with Gasteiger partial charge in [0.05, 0.1) is 6.10 Å². The number of benzene rings is 1. The highest BCUT2D eigenvalue weighted by Crippen LogP contribution is 2.39. The van der Waals surface area contributed by atoms with Gasteiger partial charge in [0.1, 0.15) is 0 Å². The van der Waals surface area contributed by atoms with Crippen LogP contribution in [0, 0.1) is 6.92 Å². The number of fused-ring (bicyclic) bond motifs is 1. The van der Waals surface area contributed by atoms with Gasteiger partial charge in [-0.05, 0) is 37.4 Å². The lowest BCUT2D eigenvalue weighted by Crippen LogP contribution is -2.15. The molecule has 2 nitrogen and oxygen atoms in total. The molecule has 0 aliphatic heterocycles. The summed E-state index contributed by atoms with van der Waals surface area (Å²) in [5.41, 5.74) is 3.68. The van der Waals surface area contributed by atoms with Crippen molar-refractivity contribution in [3.8, 4) is 0 Å². The molecule has 1 aromatic rings. The molecule has 1 aromatic carbocycles. The Morgan fingerprint density at radius 1 is 1.43 bits per heavy atom. The average Bonchev–Trinajstić information content (AvgIpc) is 2.44. The topological polar surface area (TPSA) is 32.3 Å². The monoisotopic (exact) mass is 191 g/mol. The summed E-state index contributed by atoms with van der Waals surface area (Å²) in [4.78, 5) is 0. The number of hydrogen-bond acceptors (Lipinski definition) is 2. The summed E-state index contributed by atoms with van der Waals surface area (Å²) in [6.07, 6.45) is 0.600. The van der Waals surface area contributed by atoms with Gasteiger partial charge in [0, 0.05) is 6.54 Å². The maximum absolute atomic E-state index is 9.88. The molecule has 2 atom stereocenters. The quantitative estimate of drug-likeness (QED) is 0.746. The Morgan fingerprint density at radius 3 is 2.93 bits per heavy atom. The smallest absolute Gasteiger partial charge is 0.0799 e. The molecule has 0 amide bonds. The summed E-state index contributed by atoms with van der Waals surface area (Å²) in [7, 11) is 1.96. The van der Waals surface area contributed by atoms with Crippen molar-refractivity contribution in [1.82, 2.24) is 5.32 Å². The highest BCUT2D eigenvalue weighted by Gasteiger charge is 2.28. The zero-order valence-electron chi connectivity index (χ0n) is 8.75. The second-order valence-corrected chi connectivity index (χ2v) is 4.14. The molecule has 2 heteroatoms. The van der Waals surface area contributed by atoms with Crippen molar-refractivity contribution in [1.29, 1.82) is 0 Å². The lowest BCUT2D eigenvalue weighted by molar-refractivity contribution is 0.173. The van der Waals surface area contributed by atoms with E-state index >= 15 is 0 Å². The Bertz CT molecular complexity index is 335. The van der Waals surface area contributed by atoms with E-state index in [9.17, 15) is 5.11 Å². The predicted octanol–water partition coefficient (Wildman–Crippen LogP) is 1.74. The number of aliphatic hydroxyl groups is 1. The summed E-state index contributed by atoms with van der Waals surface area (Å²) in [6.45, 7) is 3.02. The molecule has 0 aromatic heterocycles. The SMILES string of the molecule is CNCC1CC(O)c2cc(C)ccc21. The van der Waals surface area contributed by atoms with E-state index in [1.165, 1.54) is 11.1 Å². The van der Waals surface area contributed by atoms with E-state index in [2.05, 4.69) is 30.4 Å². The maximum Gasteiger partial charge on any atom is 0.0799 e. The molecule has 2 N–H and O–H groups in total. The van der Waals surface area contributed by atoms with Crippen LogP contribution < -0.4 is 5.32 Å². The minimum Gasteiger partial charge on any atom is -0.388 e. The molecule has 14 heavy (non-hydrogen) atoms. The fourth-order valence-electron chi connectivity index (χ4n) is 2.32. The number of aryl methyl sites for hydroxylation is 1. The van der Waals surface area contributed by atoms with Crippen molar-refractivity contribution < 1.29 is 5.11 Å². The third-order valence-electron chi connectivity index (χ3n) is 3.00. The lowest BCUT2D eigenvalue weighted by atomic mass is 10.0. The van der Waals surface area contributed by atoms with Gasteiger partial charge in [-0.25, -0.2) is 0 Å². The number of rotatable bonds is 2. The largest absolute Gasteiger partial charge is 0.388 e. The van der Waals surface area contributed by atoms with Crippen molar-refractivity contribution >= 4 is 0 Å². The first-order chi connectivity index (χ1) is 6.72. The average molecular weight is 191 g/mol. The van der Waals surface area contributed by atoms with Crippen LogP contribution in [0.25, 0.3) is 0 Å².